The molecule has 0 amide bonds. The third-order valence-electron chi connectivity index (χ3n) is 4.60. The summed E-state index contributed by atoms with van der Waals surface area (Å²) in [6.07, 6.45) is 0.682. The Balaban J connectivity index is 1.82. The van der Waals surface area contributed by atoms with Crippen LogP contribution >= 0.6 is 0 Å². The van der Waals surface area contributed by atoms with Crippen LogP contribution < -0.4 is 9.47 Å². The third kappa shape index (κ3) is 6.23. The van der Waals surface area contributed by atoms with Crippen molar-refractivity contribution in [2.75, 3.05) is 13.2 Å². The third-order valence-corrected chi connectivity index (χ3v) is 4.60. The van der Waals surface area contributed by atoms with Crippen LogP contribution in [-0.4, -0.2) is 13.2 Å². The molecule has 0 N–H and O–H groups in total. The van der Waals surface area contributed by atoms with Crippen LogP contribution in [0.25, 0.3) is 11.1 Å². The highest BCUT2D eigenvalue weighted by atomic mass is 16.5. The summed E-state index contributed by atoms with van der Waals surface area (Å²) in [6.45, 7) is 4.43. The molecule has 6 heteroatoms. The number of allylic oxidation sites excluding steroid dienone is 4. The first-order valence-electron chi connectivity index (χ1n) is 9.52. The van der Waals surface area contributed by atoms with E-state index >= 15 is 0 Å². The Morgan fingerprint density at radius 2 is 0.935 bits per heavy atom. The highest BCUT2D eigenvalue weighted by Crippen LogP contribution is 2.22. The topological polar surface area (TPSA) is 114 Å². The second-order valence-corrected chi connectivity index (χ2v) is 6.55. The van der Waals surface area contributed by atoms with Crippen LogP contribution in [0.15, 0.2) is 59.7 Å². The lowest BCUT2D eigenvalue weighted by molar-refractivity contribution is 0.247. The van der Waals surface area contributed by atoms with Gasteiger partial charge in [0.1, 0.15) is 46.9 Å². The number of rotatable bonds is 8. The fraction of sp³-hybridized carbons (Fsp3) is 0.200. The van der Waals surface area contributed by atoms with Gasteiger partial charge < -0.3 is 9.47 Å². The maximum Gasteiger partial charge on any atom is 0.133 e. The van der Waals surface area contributed by atoms with Crippen LogP contribution in [0.5, 0.6) is 11.5 Å². The van der Waals surface area contributed by atoms with Gasteiger partial charge in [0, 0.05) is 6.42 Å². The molecule has 0 bridgehead atoms. The molecule has 152 valence electrons. The normalized spacial score (nSPS) is 9.23. The zero-order valence-corrected chi connectivity index (χ0v) is 17.3. The van der Waals surface area contributed by atoms with Crippen molar-refractivity contribution in [1.29, 1.82) is 21.0 Å². The molecule has 0 unspecified atom stereocenters. The molecule has 0 saturated heterocycles. The maximum atomic E-state index is 8.95. The first-order chi connectivity index (χ1) is 15.0. The van der Waals surface area contributed by atoms with Crippen molar-refractivity contribution in [2.45, 2.75) is 20.3 Å². The number of hydrogen-bond donors (Lipinski definition) is 0. The van der Waals surface area contributed by atoms with Gasteiger partial charge in [0.2, 0.25) is 0 Å². The molecule has 0 spiro atoms. The van der Waals surface area contributed by atoms with Crippen LogP contribution in [0.3, 0.4) is 0 Å². The summed E-state index contributed by atoms with van der Waals surface area (Å²) in [6, 6.07) is 22.0. The maximum absolute atomic E-state index is 8.95. The largest absolute Gasteiger partial charge is 0.493 e. The Bertz CT molecular complexity index is 1020. The molecule has 0 aromatic heterocycles. The summed E-state index contributed by atoms with van der Waals surface area (Å²) in [5.41, 5.74) is 3.08. The molecule has 0 atom stereocenters. The molecule has 0 aliphatic rings. The van der Waals surface area contributed by atoms with Crippen LogP contribution in [-0.2, 0) is 0 Å². The summed E-state index contributed by atoms with van der Waals surface area (Å²) >= 11 is 0. The molecule has 2 aromatic carbocycles. The molecule has 0 fully saturated rings. The van der Waals surface area contributed by atoms with Gasteiger partial charge in [-0.1, -0.05) is 24.3 Å². The number of hydrogen-bond acceptors (Lipinski definition) is 6. The molecular formula is C25H20N4O2. The highest BCUT2D eigenvalue weighted by Gasteiger charge is 2.05. The molecule has 0 heterocycles. The first kappa shape index (κ1) is 22.8. The summed E-state index contributed by atoms with van der Waals surface area (Å²) in [5, 5.41) is 35.8. The van der Waals surface area contributed by atoms with E-state index in [0.717, 1.165) is 11.1 Å². The fourth-order valence-electron chi connectivity index (χ4n) is 2.72. The Morgan fingerprint density at radius 1 is 0.613 bits per heavy atom. The Kier molecular flexibility index (Phi) is 8.43. The number of nitrogens with zero attached hydrogens (tertiary/aromatic N) is 4. The lowest BCUT2D eigenvalue weighted by atomic mass is 10.0. The van der Waals surface area contributed by atoms with Crippen molar-refractivity contribution in [3.05, 3.63) is 70.8 Å². The summed E-state index contributed by atoms with van der Waals surface area (Å²) < 4.78 is 11.4. The van der Waals surface area contributed by atoms with Crippen LogP contribution in [0.4, 0.5) is 0 Å². The van der Waals surface area contributed by atoms with Gasteiger partial charge in [-0.25, -0.2) is 0 Å². The number of ether oxygens (including phenoxy) is 2. The van der Waals surface area contributed by atoms with Crippen molar-refractivity contribution in [3.8, 4) is 35.8 Å². The first-order valence-corrected chi connectivity index (χ1v) is 9.52. The minimum atomic E-state index is 0.0978. The smallest absolute Gasteiger partial charge is 0.133 e. The van der Waals surface area contributed by atoms with Gasteiger partial charge in [0.05, 0.1) is 13.2 Å². The highest BCUT2D eigenvalue weighted by molar-refractivity contribution is 5.74. The average molecular weight is 408 g/mol. The van der Waals surface area contributed by atoms with E-state index in [1.54, 1.807) is 38.1 Å². The van der Waals surface area contributed by atoms with Crippen LogP contribution in [0, 0.1) is 45.3 Å². The summed E-state index contributed by atoms with van der Waals surface area (Å²) in [7, 11) is 0. The van der Waals surface area contributed by atoms with Crippen LogP contribution in [0.2, 0.25) is 0 Å². The van der Waals surface area contributed by atoms with Gasteiger partial charge in [0.25, 0.3) is 0 Å². The Morgan fingerprint density at radius 3 is 1.23 bits per heavy atom. The van der Waals surface area contributed by atoms with Gasteiger partial charge in [-0.15, -0.1) is 0 Å². The van der Waals surface area contributed by atoms with E-state index in [4.69, 9.17) is 30.5 Å². The fourth-order valence-corrected chi connectivity index (χ4v) is 2.72. The number of nitriles is 4. The van der Waals surface area contributed by atoms with Gasteiger partial charge >= 0.3 is 0 Å². The van der Waals surface area contributed by atoms with E-state index in [0.29, 0.717) is 42.3 Å². The summed E-state index contributed by atoms with van der Waals surface area (Å²) in [5.74, 6) is 1.40. The molecule has 0 aliphatic heterocycles. The minimum Gasteiger partial charge on any atom is -0.493 e. The molecule has 2 rings (SSSR count). The molecule has 0 saturated carbocycles. The van der Waals surface area contributed by atoms with E-state index in [9.17, 15) is 0 Å². The second kappa shape index (κ2) is 11.5. The molecule has 31 heavy (non-hydrogen) atoms. The van der Waals surface area contributed by atoms with Crippen molar-refractivity contribution >= 4 is 11.1 Å². The number of benzene rings is 2. The van der Waals surface area contributed by atoms with E-state index in [1.807, 2.05) is 48.5 Å². The van der Waals surface area contributed by atoms with Gasteiger partial charge in [0.15, 0.2) is 0 Å². The quantitative estimate of drug-likeness (QED) is 0.439. The van der Waals surface area contributed by atoms with Gasteiger partial charge in [-0.05, 0) is 60.4 Å². The SMILES string of the molecule is CC(=C(C#N)C#N)c1ccc(OCCCOc2ccc(C(C)=C(C#N)C#N)cc2)cc1. The van der Waals surface area contributed by atoms with Crippen molar-refractivity contribution < 1.29 is 9.47 Å². The second-order valence-electron chi connectivity index (χ2n) is 6.55. The van der Waals surface area contributed by atoms with E-state index < -0.39 is 0 Å². The summed E-state index contributed by atoms with van der Waals surface area (Å²) in [4.78, 5) is 0. The lowest BCUT2D eigenvalue weighted by Crippen LogP contribution is -2.05. The van der Waals surface area contributed by atoms with Crippen LogP contribution in [0.1, 0.15) is 31.4 Å². The van der Waals surface area contributed by atoms with Gasteiger partial charge in [-0.3, -0.25) is 0 Å². The lowest BCUT2D eigenvalue weighted by Gasteiger charge is -2.10. The predicted octanol–water partition coefficient (Wildman–Crippen LogP) is 5.18. The van der Waals surface area contributed by atoms with E-state index in [1.165, 1.54) is 0 Å². The zero-order valence-electron chi connectivity index (χ0n) is 17.3. The molecular weight excluding hydrogens is 388 g/mol. The Labute approximate surface area is 182 Å². The molecule has 2 aromatic rings. The van der Waals surface area contributed by atoms with E-state index in [2.05, 4.69) is 0 Å². The standard InChI is InChI=1S/C25H20N4O2/c1-18(22(14-26)15-27)20-4-8-24(9-5-20)30-12-3-13-31-25-10-6-21(7-11-25)19(2)23(16-28)17-29/h4-11H,3,12-13H2,1-2H3. The molecule has 0 radical (unpaired) electrons. The molecule has 0 aliphatic carbocycles. The average Bonchev–Trinajstić information content (AvgIpc) is 2.81. The van der Waals surface area contributed by atoms with Crippen molar-refractivity contribution in [3.63, 3.8) is 0 Å². The van der Waals surface area contributed by atoms with Crippen molar-refractivity contribution in [1.82, 2.24) is 0 Å². The monoisotopic (exact) mass is 408 g/mol. The van der Waals surface area contributed by atoms with E-state index in [-0.39, 0.29) is 11.1 Å². The van der Waals surface area contributed by atoms with Gasteiger partial charge in [-0.2, -0.15) is 21.0 Å². The predicted molar refractivity (Wildman–Crippen MR) is 116 cm³/mol. The van der Waals surface area contributed by atoms with Crippen molar-refractivity contribution in [2.24, 2.45) is 0 Å². The molecule has 6 nitrogen and oxygen atoms in total. The minimum absolute atomic E-state index is 0.0978. The zero-order chi connectivity index (χ0) is 22.6. The Hall–Kier alpha value is -4.52.